The van der Waals surface area contributed by atoms with E-state index in [2.05, 4.69) is 18.3 Å². The molecule has 0 aromatic rings. The van der Waals surface area contributed by atoms with Gasteiger partial charge in [0.15, 0.2) is 0 Å². The molecule has 28 valence electrons. The van der Waals surface area contributed by atoms with Crippen molar-refractivity contribution in [3.8, 4) is 0 Å². The highest BCUT2D eigenvalue weighted by Gasteiger charge is 1.95. The van der Waals surface area contributed by atoms with Crippen molar-refractivity contribution in [2.75, 3.05) is 0 Å². The SMILES string of the molecule is CC1C=CN1. The molecule has 0 spiro atoms. The minimum Gasteiger partial charge on any atom is -0.385 e. The second-order valence-corrected chi connectivity index (χ2v) is 1.31. The van der Waals surface area contributed by atoms with Gasteiger partial charge in [-0.15, -0.1) is 0 Å². The quantitative estimate of drug-likeness (QED) is 0.436. The first-order chi connectivity index (χ1) is 2.39. The zero-order valence-corrected chi connectivity index (χ0v) is 3.23. The summed E-state index contributed by atoms with van der Waals surface area (Å²) in [4.78, 5) is 0. The maximum Gasteiger partial charge on any atom is 0.0427 e. The van der Waals surface area contributed by atoms with Gasteiger partial charge in [0, 0.05) is 6.04 Å². The molecular formula is C4H7N. The summed E-state index contributed by atoms with van der Waals surface area (Å²) < 4.78 is 0. The number of hydrogen-bond donors (Lipinski definition) is 1. The molecule has 1 aliphatic heterocycles. The van der Waals surface area contributed by atoms with Crippen LogP contribution >= 0.6 is 0 Å². The summed E-state index contributed by atoms with van der Waals surface area (Å²) in [6.07, 6.45) is 4.06. The number of hydrogen-bond acceptors (Lipinski definition) is 1. The molecule has 0 bridgehead atoms. The van der Waals surface area contributed by atoms with Crippen LogP contribution in [0.25, 0.3) is 0 Å². The van der Waals surface area contributed by atoms with E-state index in [9.17, 15) is 0 Å². The average molecular weight is 69.1 g/mol. The van der Waals surface area contributed by atoms with Gasteiger partial charge in [0.2, 0.25) is 0 Å². The molecule has 1 unspecified atom stereocenters. The molecule has 1 rings (SSSR count). The average Bonchev–Trinajstić information content (AvgIpc) is 1.30. The monoisotopic (exact) mass is 69.1 g/mol. The zero-order valence-electron chi connectivity index (χ0n) is 3.23. The van der Waals surface area contributed by atoms with E-state index in [0.717, 1.165) is 0 Å². The van der Waals surface area contributed by atoms with E-state index in [1.807, 2.05) is 6.20 Å². The van der Waals surface area contributed by atoms with Crippen molar-refractivity contribution in [2.45, 2.75) is 13.0 Å². The topological polar surface area (TPSA) is 12.0 Å². The van der Waals surface area contributed by atoms with E-state index in [-0.39, 0.29) is 0 Å². The molecule has 0 aliphatic carbocycles. The van der Waals surface area contributed by atoms with Crippen molar-refractivity contribution >= 4 is 0 Å². The van der Waals surface area contributed by atoms with Crippen molar-refractivity contribution in [1.82, 2.24) is 5.32 Å². The molecular weight excluding hydrogens is 62.1 g/mol. The summed E-state index contributed by atoms with van der Waals surface area (Å²) in [5, 5.41) is 3.03. The van der Waals surface area contributed by atoms with E-state index in [1.165, 1.54) is 0 Å². The van der Waals surface area contributed by atoms with Gasteiger partial charge in [-0.2, -0.15) is 0 Å². The van der Waals surface area contributed by atoms with Gasteiger partial charge >= 0.3 is 0 Å². The second-order valence-electron chi connectivity index (χ2n) is 1.31. The van der Waals surface area contributed by atoms with Crippen LogP contribution in [0.15, 0.2) is 12.3 Å². The van der Waals surface area contributed by atoms with Crippen LogP contribution in [0.4, 0.5) is 0 Å². The molecule has 0 radical (unpaired) electrons. The van der Waals surface area contributed by atoms with Gasteiger partial charge in [-0.05, 0) is 19.2 Å². The molecule has 1 heterocycles. The minimum atomic E-state index is 0.634. The fourth-order valence-corrected chi connectivity index (χ4v) is 0.289. The predicted octanol–water partition coefficient (Wildman–Crippen LogP) is 0.492. The number of rotatable bonds is 0. The fourth-order valence-electron chi connectivity index (χ4n) is 0.289. The predicted molar refractivity (Wildman–Crippen MR) is 21.7 cm³/mol. The first-order valence-corrected chi connectivity index (χ1v) is 1.82. The van der Waals surface area contributed by atoms with Crippen LogP contribution < -0.4 is 5.32 Å². The molecule has 0 saturated heterocycles. The van der Waals surface area contributed by atoms with E-state index >= 15 is 0 Å². The minimum absolute atomic E-state index is 0.634. The third-order valence-corrected chi connectivity index (χ3v) is 0.744. The Morgan fingerprint density at radius 1 is 1.80 bits per heavy atom. The summed E-state index contributed by atoms with van der Waals surface area (Å²) in [6.45, 7) is 2.11. The normalized spacial score (nSPS) is 31.8. The molecule has 5 heavy (non-hydrogen) atoms. The fraction of sp³-hybridized carbons (Fsp3) is 0.500. The van der Waals surface area contributed by atoms with Gasteiger partial charge in [-0.3, -0.25) is 0 Å². The maximum atomic E-state index is 3.03. The van der Waals surface area contributed by atoms with Crippen molar-refractivity contribution in [1.29, 1.82) is 0 Å². The van der Waals surface area contributed by atoms with Gasteiger partial charge in [-0.1, -0.05) is 0 Å². The Morgan fingerprint density at radius 2 is 2.20 bits per heavy atom. The van der Waals surface area contributed by atoms with Crippen molar-refractivity contribution < 1.29 is 0 Å². The van der Waals surface area contributed by atoms with Gasteiger partial charge in [0.1, 0.15) is 0 Å². The van der Waals surface area contributed by atoms with Crippen LogP contribution in [0, 0.1) is 0 Å². The van der Waals surface area contributed by atoms with E-state index in [1.54, 1.807) is 0 Å². The van der Waals surface area contributed by atoms with Crippen LogP contribution in [0.5, 0.6) is 0 Å². The molecule has 1 nitrogen and oxygen atoms in total. The summed E-state index contributed by atoms with van der Waals surface area (Å²) in [5.74, 6) is 0. The van der Waals surface area contributed by atoms with E-state index in [4.69, 9.17) is 0 Å². The Balaban J connectivity index is 2.39. The highest BCUT2D eigenvalue weighted by molar-refractivity contribution is 5.01. The lowest BCUT2D eigenvalue weighted by Gasteiger charge is -2.13. The van der Waals surface area contributed by atoms with Gasteiger partial charge in [0.05, 0.1) is 0 Å². The summed E-state index contributed by atoms with van der Waals surface area (Å²) in [6, 6.07) is 0.634. The lowest BCUT2D eigenvalue weighted by Crippen LogP contribution is -2.25. The molecule has 1 N–H and O–H groups in total. The second kappa shape index (κ2) is 0.744. The lowest BCUT2D eigenvalue weighted by atomic mass is 10.2. The summed E-state index contributed by atoms with van der Waals surface area (Å²) in [7, 11) is 0. The molecule has 0 aromatic heterocycles. The van der Waals surface area contributed by atoms with Crippen LogP contribution in [-0.4, -0.2) is 6.04 Å². The maximum absolute atomic E-state index is 3.03. The number of nitrogens with one attached hydrogen (secondary N) is 1. The third-order valence-electron chi connectivity index (χ3n) is 0.744. The summed E-state index contributed by atoms with van der Waals surface area (Å²) >= 11 is 0. The van der Waals surface area contributed by atoms with Gasteiger partial charge < -0.3 is 5.32 Å². The Kier molecular flexibility index (Phi) is 0.411. The highest BCUT2D eigenvalue weighted by atomic mass is 14.9. The van der Waals surface area contributed by atoms with Gasteiger partial charge in [0.25, 0.3) is 0 Å². The van der Waals surface area contributed by atoms with E-state index in [0.29, 0.717) is 6.04 Å². The zero-order chi connectivity index (χ0) is 3.70. The van der Waals surface area contributed by atoms with Crippen molar-refractivity contribution in [2.24, 2.45) is 0 Å². The Labute approximate surface area is 31.7 Å². The molecule has 1 aliphatic rings. The first kappa shape index (κ1) is 2.76. The Bertz CT molecular complexity index is 56.7. The van der Waals surface area contributed by atoms with Crippen LogP contribution in [-0.2, 0) is 0 Å². The van der Waals surface area contributed by atoms with Crippen LogP contribution in [0.3, 0.4) is 0 Å². The molecule has 0 aromatic carbocycles. The molecule has 0 amide bonds. The van der Waals surface area contributed by atoms with Crippen LogP contribution in [0.1, 0.15) is 6.92 Å². The van der Waals surface area contributed by atoms with Crippen LogP contribution in [0.2, 0.25) is 0 Å². The first-order valence-electron chi connectivity index (χ1n) is 1.82. The highest BCUT2D eigenvalue weighted by Crippen LogP contribution is 1.90. The molecule has 0 fully saturated rings. The van der Waals surface area contributed by atoms with Crippen molar-refractivity contribution in [3.05, 3.63) is 12.3 Å². The molecule has 1 atom stereocenters. The molecule has 1 heteroatoms. The summed E-state index contributed by atoms with van der Waals surface area (Å²) in [5.41, 5.74) is 0. The largest absolute Gasteiger partial charge is 0.385 e. The standard InChI is InChI=1S/C4H7N/c1-4-2-3-5-4/h2-5H,1H3. The van der Waals surface area contributed by atoms with Crippen molar-refractivity contribution in [3.63, 3.8) is 0 Å². The lowest BCUT2D eigenvalue weighted by molar-refractivity contribution is 0.701. The van der Waals surface area contributed by atoms with E-state index < -0.39 is 0 Å². The van der Waals surface area contributed by atoms with Gasteiger partial charge in [-0.25, -0.2) is 0 Å². The Morgan fingerprint density at radius 3 is 2.20 bits per heavy atom. The Hall–Kier alpha value is -0.460. The third kappa shape index (κ3) is 0.274. The smallest absolute Gasteiger partial charge is 0.0427 e. The molecule has 0 saturated carbocycles.